The molecule has 3 N–H and O–H groups in total. The molecule has 1 aliphatic heterocycles. The Hall–Kier alpha value is -3.73. The minimum Gasteiger partial charge on any atom is -0.497 e. The third-order valence-corrected chi connectivity index (χ3v) is 6.13. The Morgan fingerprint density at radius 3 is 2.61 bits per heavy atom. The SMILES string of the molecule is COc1ccc(-c2nnc(SCC(=O)Nc3ccc(N4CCCC4=O)cc3)n2N)c(OC)c1. The topological polar surface area (TPSA) is 125 Å². The lowest BCUT2D eigenvalue weighted by Crippen LogP contribution is -2.23. The van der Waals surface area contributed by atoms with E-state index in [1.807, 2.05) is 12.1 Å². The summed E-state index contributed by atoms with van der Waals surface area (Å²) in [6.07, 6.45) is 1.45. The molecule has 2 amide bonds. The van der Waals surface area contributed by atoms with Gasteiger partial charge in [0, 0.05) is 30.4 Å². The lowest BCUT2D eigenvalue weighted by atomic mass is 10.2. The number of amides is 2. The Balaban J connectivity index is 1.37. The van der Waals surface area contributed by atoms with Gasteiger partial charge in [0.15, 0.2) is 5.82 Å². The Morgan fingerprint density at radius 1 is 1.15 bits per heavy atom. The zero-order chi connectivity index (χ0) is 23.4. The highest BCUT2D eigenvalue weighted by Crippen LogP contribution is 2.33. The molecule has 2 heterocycles. The van der Waals surface area contributed by atoms with E-state index in [9.17, 15) is 9.59 Å². The second-order valence-corrected chi connectivity index (χ2v) is 8.22. The predicted octanol–water partition coefficient (Wildman–Crippen LogP) is 2.53. The zero-order valence-corrected chi connectivity index (χ0v) is 19.1. The van der Waals surface area contributed by atoms with Crippen molar-refractivity contribution >= 4 is 35.0 Å². The van der Waals surface area contributed by atoms with Gasteiger partial charge in [-0.2, -0.15) is 0 Å². The Labute approximate surface area is 195 Å². The van der Waals surface area contributed by atoms with Crippen molar-refractivity contribution in [2.24, 2.45) is 0 Å². The van der Waals surface area contributed by atoms with Crippen LogP contribution in [0.5, 0.6) is 11.5 Å². The highest BCUT2D eigenvalue weighted by molar-refractivity contribution is 7.99. The third kappa shape index (κ3) is 4.87. The maximum Gasteiger partial charge on any atom is 0.234 e. The summed E-state index contributed by atoms with van der Waals surface area (Å²) >= 11 is 1.17. The zero-order valence-electron chi connectivity index (χ0n) is 18.3. The van der Waals surface area contributed by atoms with Gasteiger partial charge in [-0.05, 0) is 42.8 Å². The van der Waals surface area contributed by atoms with Crippen molar-refractivity contribution < 1.29 is 19.1 Å². The summed E-state index contributed by atoms with van der Waals surface area (Å²) in [4.78, 5) is 26.0. The number of hydrogen-bond donors (Lipinski definition) is 2. The first-order chi connectivity index (χ1) is 16.0. The Bertz CT molecular complexity index is 1160. The van der Waals surface area contributed by atoms with Gasteiger partial charge in [0.25, 0.3) is 0 Å². The largest absolute Gasteiger partial charge is 0.497 e. The minimum absolute atomic E-state index is 0.0987. The molecular formula is C22H24N6O4S. The summed E-state index contributed by atoms with van der Waals surface area (Å²) in [5, 5.41) is 11.5. The number of ether oxygens (including phenoxy) is 2. The van der Waals surface area contributed by atoms with Crippen molar-refractivity contribution in [3.05, 3.63) is 42.5 Å². The van der Waals surface area contributed by atoms with E-state index in [-0.39, 0.29) is 17.6 Å². The molecule has 1 aliphatic rings. The molecule has 172 valence electrons. The van der Waals surface area contributed by atoms with Crippen LogP contribution in [0.1, 0.15) is 12.8 Å². The quantitative estimate of drug-likeness (QED) is 0.382. The Kier molecular flexibility index (Phi) is 6.68. The molecule has 1 fully saturated rings. The summed E-state index contributed by atoms with van der Waals surface area (Å²) in [5.74, 6) is 7.78. The van der Waals surface area contributed by atoms with Crippen LogP contribution in [0.2, 0.25) is 0 Å². The molecule has 0 unspecified atom stereocenters. The van der Waals surface area contributed by atoms with Crippen LogP contribution in [0.3, 0.4) is 0 Å². The number of methoxy groups -OCH3 is 2. The van der Waals surface area contributed by atoms with Crippen molar-refractivity contribution in [2.45, 2.75) is 18.0 Å². The third-order valence-electron chi connectivity index (χ3n) is 5.18. The first kappa shape index (κ1) is 22.5. The fraction of sp³-hybridized carbons (Fsp3) is 0.273. The maximum absolute atomic E-state index is 12.4. The molecule has 0 saturated carbocycles. The van der Waals surface area contributed by atoms with Crippen molar-refractivity contribution in [1.82, 2.24) is 14.9 Å². The van der Waals surface area contributed by atoms with Crippen LogP contribution in [0, 0.1) is 0 Å². The summed E-state index contributed by atoms with van der Waals surface area (Å²) in [6, 6.07) is 12.5. The number of carbonyl (C=O) groups excluding carboxylic acids is 2. The molecule has 0 atom stereocenters. The number of benzene rings is 2. The second-order valence-electron chi connectivity index (χ2n) is 7.28. The van der Waals surface area contributed by atoms with Gasteiger partial charge in [0.05, 0.1) is 25.5 Å². The Morgan fingerprint density at radius 2 is 1.94 bits per heavy atom. The maximum atomic E-state index is 12.4. The van der Waals surface area contributed by atoms with Gasteiger partial charge < -0.3 is 25.5 Å². The molecule has 0 radical (unpaired) electrons. The molecule has 11 heteroatoms. The molecular weight excluding hydrogens is 444 g/mol. The molecule has 1 aromatic heterocycles. The normalized spacial score (nSPS) is 13.3. The van der Waals surface area contributed by atoms with Gasteiger partial charge in [0.1, 0.15) is 11.5 Å². The summed E-state index contributed by atoms with van der Waals surface area (Å²) in [5.41, 5.74) is 2.14. The summed E-state index contributed by atoms with van der Waals surface area (Å²) in [6.45, 7) is 0.728. The molecule has 10 nitrogen and oxygen atoms in total. The van der Waals surface area contributed by atoms with Crippen LogP contribution in [0.4, 0.5) is 11.4 Å². The van der Waals surface area contributed by atoms with Crippen LogP contribution < -0.4 is 25.5 Å². The number of nitrogens with one attached hydrogen (secondary N) is 1. The van der Waals surface area contributed by atoms with E-state index in [1.54, 1.807) is 49.5 Å². The van der Waals surface area contributed by atoms with Crippen molar-refractivity contribution in [3.63, 3.8) is 0 Å². The van der Waals surface area contributed by atoms with Gasteiger partial charge >= 0.3 is 0 Å². The number of thioether (sulfide) groups is 1. The van der Waals surface area contributed by atoms with Crippen LogP contribution >= 0.6 is 11.8 Å². The monoisotopic (exact) mass is 468 g/mol. The van der Waals surface area contributed by atoms with Gasteiger partial charge in [-0.15, -0.1) is 10.2 Å². The van der Waals surface area contributed by atoms with E-state index in [2.05, 4.69) is 15.5 Å². The average Bonchev–Trinajstić information content (AvgIpc) is 3.43. The molecule has 1 saturated heterocycles. The van der Waals surface area contributed by atoms with Crippen molar-refractivity contribution in [2.75, 3.05) is 42.6 Å². The lowest BCUT2D eigenvalue weighted by Gasteiger charge is -2.16. The van der Waals surface area contributed by atoms with Crippen LogP contribution in [-0.2, 0) is 9.59 Å². The molecule has 33 heavy (non-hydrogen) atoms. The number of nitrogen functional groups attached to an aromatic ring is 1. The summed E-state index contributed by atoms with van der Waals surface area (Å²) in [7, 11) is 3.12. The smallest absolute Gasteiger partial charge is 0.234 e. The predicted molar refractivity (Wildman–Crippen MR) is 126 cm³/mol. The molecule has 0 aliphatic carbocycles. The van der Waals surface area contributed by atoms with Crippen LogP contribution in [0.25, 0.3) is 11.4 Å². The van der Waals surface area contributed by atoms with Gasteiger partial charge in [-0.25, -0.2) is 4.68 Å². The number of aromatic nitrogens is 3. The number of anilines is 2. The number of carbonyl (C=O) groups is 2. The number of rotatable bonds is 8. The highest BCUT2D eigenvalue weighted by atomic mass is 32.2. The number of nitrogens with zero attached hydrogens (tertiary/aromatic N) is 4. The van der Waals surface area contributed by atoms with E-state index in [4.69, 9.17) is 15.3 Å². The average molecular weight is 469 g/mol. The lowest BCUT2D eigenvalue weighted by molar-refractivity contribution is -0.117. The molecule has 0 spiro atoms. The van der Waals surface area contributed by atoms with E-state index in [0.29, 0.717) is 40.2 Å². The molecule has 3 aromatic rings. The van der Waals surface area contributed by atoms with E-state index < -0.39 is 0 Å². The van der Waals surface area contributed by atoms with Crippen molar-refractivity contribution in [1.29, 1.82) is 0 Å². The van der Waals surface area contributed by atoms with E-state index >= 15 is 0 Å². The molecule has 2 aromatic carbocycles. The highest BCUT2D eigenvalue weighted by Gasteiger charge is 2.21. The van der Waals surface area contributed by atoms with E-state index in [0.717, 1.165) is 18.7 Å². The van der Waals surface area contributed by atoms with Crippen LogP contribution in [0.15, 0.2) is 47.6 Å². The molecule has 4 rings (SSSR count). The second kappa shape index (κ2) is 9.82. The number of hydrogen-bond acceptors (Lipinski definition) is 8. The number of nitrogens with two attached hydrogens (primary N) is 1. The fourth-order valence-electron chi connectivity index (χ4n) is 3.52. The first-order valence-electron chi connectivity index (χ1n) is 10.3. The van der Waals surface area contributed by atoms with Gasteiger partial charge in [-0.1, -0.05) is 11.8 Å². The van der Waals surface area contributed by atoms with Crippen LogP contribution in [-0.4, -0.2) is 53.2 Å². The molecule has 0 bridgehead atoms. The van der Waals surface area contributed by atoms with Gasteiger partial charge in [-0.3, -0.25) is 9.59 Å². The fourth-order valence-corrected chi connectivity index (χ4v) is 4.17. The minimum atomic E-state index is -0.212. The standard InChI is InChI=1S/C22H24N6O4S/c1-31-16-9-10-17(18(12-16)32-2)21-25-26-22(28(21)23)33-13-19(29)24-14-5-7-15(8-6-14)27-11-3-4-20(27)30/h5-10,12H,3-4,11,13,23H2,1-2H3,(H,24,29). The summed E-state index contributed by atoms with van der Waals surface area (Å²) < 4.78 is 11.9. The van der Waals surface area contributed by atoms with Gasteiger partial charge in [0.2, 0.25) is 17.0 Å². The first-order valence-corrected chi connectivity index (χ1v) is 11.2. The van der Waals surface area contributed by atoms with E-state index in [1.165, 1.54) is 16.4 Å². The van der Waals surface area contributed by atoms with Crippen molar-refractivity contribution in [3.8, 4) is 22.9 Å².